The van der Waals surface area contributed by atoms with Crippen LogP contribution in [-0.4, -0.2) is 38.2 Å². The predicted molar refractivity (Wildman–Crippen MR) is 88.7 cm³/mol. The number of rotatable bonds is 2. The Hall–Kier alpha value is -2.30. The van der Waals surface area contributed by atoms with E-state index in [1.54, 1.807) is 0 Å². The first-order chi connectivity index (χ1) is 12.9. The SMILES string of the molecule is COC(=O)[C@@H]1CCc2nccc(=O)n21.O=C([O-])[C@@H]1CCc2nccc(=O)n21.[Na+]. The van der Waals surface area contributed by atoms with E-state index in [1.807, 2.05) is 0 Å². The number of aliphatic carboxylic acids is 1. The molecule has 0 saturated heterocycles. The van der Waals surface area contributed by atoms with Gasteiger partial charge in [0.15, 0.2) is 0 Å². The van der Waals surface area contributed by atoms with Gasteiger partial charge in [-0.25, -0.2) is 14.8 Å². The van der Waals surface area contributed by atoms with E-state index >= 15 is 0 Å². The fourth-order valence-corrected chi connectivity index (χ4v) is 3.32. The van der Waals surface area contributed by atoms with Gasteiger partial charge in [-0.1, -0.05) is 0 Å². The first-order valence-corrected chi connectivity index (χ1v) is 8.35. The van der Waals surface area contributed by atoms with E-state index in [4.69, 9.17) is 0 Å². The summed E-state index contributed by atoms with van der Waals surface area (Å²) in [5, 5.41) is 10.6. The summed E-state index contributed by atoms with van der Waals surface area (Å²) in [6, 6.07) is 1.28. The fourth-order valence-electron chi connectivity index (χ4n) is 3.32. The third-order valence-corrected chi connectivity index (χ3v) is 4.56. The van der Waals surface area contributed by atoms with Crippen molar-refractivity contribution in [1.29, 1.82) is 0 Å². The van der Waals surface area contributed by atoms with Gasteiger partial charge in [0, 0.05) is 37.4 Å². The third kappa shape index (κ3) is 4.23. The van der Waals surface area contributed by atoms with Crippen LogP contribution >= 0.6 is 0 Å². The number of hydrogen-bond donors (Lipinski definition) is 0. The Morgan fingerprint density at radius 3 is 1.93 bits per heavy atom. The summed E-state index contributed by atoms with van der Waals surface area (Å²) in [7, 11) is 1.32. The van der Waals surface area contributed by atoms with Crippen LogP contribution in [0.15, 0.2) is 34.1 Å². The Bertz CT molecular complexity index is 1000. The summed E-state index contributed by atoms with van der Waals surface area (Å²) in [5.74, 6) is -0.401. The number of ether oxygens (including phenoxy) is 1. The molecule has 2 aromatic heterocycles. The number of carboxylic acid groups (broad SMARTS) is 1. The molecule has 0 fully saturated rings. The van der Waals surface area contributed by atoms with Crippen molar-refractivity contribution >= 4 is 11.9 Å². The van der Waals surface area contributed by atoms with E-state index < -0.39 is 18.1 Å². The van der Waals surface area contributed by atoms with Gasteiger partial charge in [0.05, 0.1) is 19.1 Å². The molecule has 0 bridgehead atoms. The van der Waals surface area contributed by atoms with Gasteiger partial charge in [-0.15, -0.1) is 0 Å². The summed E-state index contributed by atoms with van der Waals surface area (Å²) in [4.78, 5) is 52.6. The zero-order valence-corrected chi connectivity index (χ0v) is 17.5. The molecule has 0 radical (unpaired) electrons. The van der Waals surface area contributed by atoms with Crippen molar-refractivity contribution in [2.24, 2.45) is 0 Å². The zero-order valence-electron chi connectivity index (χ0n) is 15.5. The monoisotopic (exact) mass is 396 g/mol. The van der Waals surface area contributed by atoms with E-state index in [2.05, 4.69) is 14.7 Å². The molecular formula is C17H17N4NaO6. The minimum atomic E-state index is -1.21. The summed E-state index contributed by atoms with van der Waals surface area (Å²) in [6.45, 7) is 0. The van der Waals surface area contributed by atoms with Gasteiger partial charge in [0.25, 0.3) is 11.1 Å². The first kappa shape index (κ1) is 22.0. The fraction of sp³-hybridized carbons (Fsp3) is 0.412. The smallest absolute Gasteiger partial charge is 0.548 e. The molecule has 0 saturated carbocycles. The molecule has 4 rings (SSSR count). The van der Waals surface area contributed by atoms with Crippen molar-refractivity contribution in [1.82, 2.24) is 19.1 Å². The minimum absolute atomic E-state index is 0. The van der Waals surface area contributed by atoms with Gasteiger partial charge in [-0.3, -0.25) is 18.7 Å². The summed E-state index contributed by atoms with van der Waals surface area (Å²) >= 11 is 0. The van der Waals surface area contributed by atoms with Crippen LogP contribution in [0.5, 0.6) is 0 Å². The normalized spacial score (nSPS) is 18.8. The van der Waals surface area contributed by atoms with Gasteiger partial charge >= 0.3 is 35.5 Å². The van der Waals surface area contributed by atoms with Gasteiger partial charge < -0.3 is 14.6 Å². The number of carbonyl (C=O) groups excluding carboxylic acids is 2. The molecule has 2 aliphatic heterocycles. The van der Waals surface area contributed by atoms with Crippen molar-refractivity contribution in [3.63, 3.8) is 0 Å². The maximum absolute atomic E-state index is 11.5. The van der Waals surface area contributed by atoms with Crippen LogP contribution in [-0.2, 0) is 27.2 Å². The Balaban J connectivity index is 0.000000194. The number of carbonyl (C=O) groups is 2. The maximum atomic E-state index is 11.5. The number of aryl methyl sites for hydroxylation is 2. The van der Waals surface area contributed by atoms with Crippen LogP contribution in [0.3, 0.4) is 0 Å². The van der Waals surface area contributed by atoms with Gasteiger partial charge in [0.1, 0.15) is 17.7 Å². The van der Waals surface area contributed by atoms with Crippen LogP contribution in [0, 0.1) is 0 Å². The third-order valence-electron chi connectivity index (χ3n) is 4.56. The summed E-state index contributed by atoms with van der Waals surface area (Å²) < 4.78 is 7.22. The number of fused-ring (bicyclic) bond motifs is 2. The number of aromatic nitrogens is 4. The van der Waals surface area contributed by atoms with Crippen molar-refractivity contribution in [2.45, 2.75) is 37.8 Å². The van der Waals surface area contributed by atoms with E-state index in [9.17, 15) is 24.3 Å². The topological polar surface area (TPSA) is 136 Å². The maximum Gasteiger partial charge on any atom is 1.00 e. The Labute approximate surface area is 181 Å². The second kappa shape index (κ2) is 9.26. The van der Waals surface area contributed by atoms with Crippen LogP contribution in [0.1, 0.15) is 36.6 Å². The van der Waals surface area contributed by atoms with E-state index in [0.717, 1.165) is 0 Å². The molecule has 2 aromatic rings. The number of nitrogens with zero attached hydrogens (tertiary/aromatic N) is 4. The molecule has 0 N–H and O–H groups in total. The molecule has 10 nitrogen and oxygen atoms in total. The molecule has 142 valence electrons. The quantitative estimate of drug-likeness (QED) is 0.365. The zero-order chi connectivity index (χ0) is 19.6. The van der Waals surface area contributed by atoms with Crippen molar-refractivity contribution < 1.29 is 49.0 Å². The number of hydrogen-bond acceptors (Lipinski definition) is 8. The van der Waals surface area contributed by atoms with Crippen LogP contribution < -0.4 is 45.8 Å². The van der Waals surface area contributed by atoms with Crippen molar-refractivity contribution in [3.8, 4) is 0 Å². The Morgan fingerprint density at radius 1 is 1.00 bits per heavy atom. The summed E-state index contributed by atoms with van der Waals surface area (Å²) in [5.41, 5.74) is -0.514. The van der Waals surface area contributed by atoms with Crippen LogP contribution in [0.4, 0.5) is 0 Å². The largest absolute Gasteiger partial charge is 1.00 e. The van der Waals surface area contributed by atoms with Crippen LogP contribution in [0.2, 0.25) is 0 Å². The Kier molecular flexibility index (Phi) is 7.28. The molecule has 2 atom stereocenters. The number of methoxy groups -OCH3 is 1. The van der Waals surface area contributed by atoms with Gasteiger partial charge in [-0.05, 0) is 12.8 Å². The average molecular weight is 396 g/mol. The molecule has 2 aliphatic rings. The van der Waals surface area contributed by atoms with E-state index in [0.29, 0.717) is 37.3 Å². The van der Waals surface area contributed by atoms with Gasteiger partial charge in [-0.2, -0.15) is 0 Å². The summed E-state index contributed by atoms with van der Waals surface area (Å²) in [6.07, 6.45) is 5.03. The molecule has 0 unspecified atom stereocenters. The number of esters is 1. The van der Waals surface area contributed by atoms with E-state index in [-0.39, 0.29) is 46.6 Å². The molecule has 0 aromatic carbocycles. The second-order valence-corrected chi connectivity index (χ2v) is 6.09. The molecule has 0 spiro atoms. The van der Waals surface area contributed by atoms with E-state index in [1.165, 1.54) is 40.8 Å². The first-order valence-electron chi connectivity index (χ1n) is 8.35. The van der Waals surface area contributed by atoms with Crippen LogP contribution in [0.25, 0.3) is 0 Å². The number of carboxylic acids is 1. The second-order valence-electron chi connectivity index (χ2n) is 6.09. The van der Waals surface area contributed by atoms with Crippen molar-refractivity contribution in [3.05, 3.63) is 56.9 Å². The minimum Gasteiger partial charge on any atom is -0.548 e. The molecule has 0 amide bonds. The predicted octanol–water partition coefficient (Wildman–Crippen LogP) is -4.61. The molecule has 4 heterocycles. The van der Waals surface area contributed by atoms with Crippen molar-refractivity contribution in [2.75, 3.05) is 7.11 Å². The average Bonchev–Trinajstić information content (AvgIpc) is 3.27. The molecule has 11 heteroatoms. The van der Waals surface area contributed by atoms with Gasteiger partial charge in [0.2, 0.25) is 0 Å². The molecular weight excluding hydrogens is 379 g/mol. The standard InChI is InChI=1S/C9H10N2O3.C8H8N2O3.Na/c1-14-9(13)6-2-3-7-10-5-4-8(12)11(6)7;11-7-3-4-9-6-2-1-5(8(12)13)10(6)7;/h4-6H,2-3H2,1H3;3-5H,1-2H2,(H,12,13);/q;;+1/p-1/t6-;5-;/m00./s1. The molecule has 28 heavy (non-hydrogen) atoms. The molecule has 0 aliphatic carbocycles. The Morgan fingerprint density at radius 2 is 1.46 bits per heavy atom.